The third-order valence-electron chi connectivity index (χ3n) is 10.5. The van der Waals surface area contributed by atoms with E-state index in [1.165, 1.54) is 24.8 Å². The monoisotopic (exact) mass is 556 g/mol. The van der Waals surface area contributed by atoms with Crippen LogP contribution in [0.4, 0.5) is 16.2 Å². The van der Waals surface area contributed by atoms with Gasteiger partial charge in [-0.2, -0.15) is 0 Å². The highest BCUT2D eigenvalue weighted by Crippen LogP contribution is 2.65. The highest BCUT2D eigenvalue weighted by molar-refractivity contribution is 5.99. The molecule has 4 aliphatic carbocycles. The topological polar surface area (TPSA) is 84.5 Å². The molecule has 3 saturated carbocycles. The van der Waals surface area contributed by atoms with Crippen LogP contribution >= 0.6 is 0 Å². The smallest absolute Gasteiger partial charge is 0.323 e. The van der Waals surface area contributed by atoms with Gasteiger partial charge in [-0.25, -0.2) is 4.79 Å². The van der Waals surface area contributed by atoms with Crippen LogP contribution in [-0.2, 0) is 14.3 Å². The number of carbonyl (C=O) groups is 3. The molecule has 0 bridgehead atoms. The molecule has 2 amide bonds. The number of para-hydroxylation sites is 2. The van der Waals surface area contributed by atoms with Crippen LogP contribution < -0.4 is 10.6 Å². The molecule has 218 valence electrons. The Hall–Kier alpha value is -3.41. The Labute approximate surface area is 244 Å². The van der Waals surface area contributed by atoms with Gasteiger partial charge in [0.2, 0.25) is 0 Å². The fraction of sp³-hybridized carbons (Fsp3) is 0.514. The van der Waals surface area contributed by atoms with Gasteiger partial charge in [0.05, 0.1) is 0 Å². The Balaban J connectivity index is 0.000000182. The van der Waals surface area contributed by atoms with Gasteiger partial charge in [0, 0.05) is 29.6 Å². The van der Waals surface area contributed by atoms with E-state index in [0.29, 0.717) is 24.0 Å². The minimum atomic E-state index is -0.239. The zero-order valence-corrected chi connectivity index (χ0v) is 24.7. The summed E-state index contributed by atoms with van der Waals surface area (Å²) in [5.74, 6) is 2.41. The Morgan fingerprint density at radius 3 is 2.07 bits per heavy atom. The van der Waals surface area contributed by atoms with E-state index in [1.807, 2.05) is 73.7 Å². The summed E-state index contributed by atoms with van der Waals surface area (Å²) in [5.41, 5.74) is 3.37. The second kappa shape index (κ2) is 12.2. The number of hydrogen-bond acceptors (Lipinski definition) is 4. The molecule has 0 heterocycles. The van der Waals surface area contributed by atoms with E-state index in [4.69, 9.17) is 4.74 Å². The number of benzene rings is 2. The summed E-state index contributed by atoms with van der Waals surface area (Å²) < 4.78 is 5.86. The number of fused-ring (bicyclic) bond motifs is 5. The normalized spacial score (nSPS) is 31.7. The Morgan fingerprint density at radius 2 is 1.46 bits per heavy atom. The summed E-state index contributed by atoms with van der Waals surface area (Å²) in [6, 6.07) is 18.4. The van der Waals surface area contributed by atoms with Crippen LogP contribution in [0.1, 0.15) is 78.6 Å². The molecule has 6 heteroatoms. The lowest BCUT2D eigenvalue weighted by molar-refractivity contribution is -0.159. The second-order valence-electron chi connectivity index (χ2n) is 12.7. The highest BCUT2D eigenvalue weighted by Gasteiger charge is 2.59. The number of ketones is 1. The van der Waals surface area contributed by atoms with Crippen LogP contribution in [0.25, 0.3) is 0 Å². The van der Waals surface area contributed by atoms with Gasteiger partial charge in [0.15, 0.2) is 5.78 Å². The number of anilines is 2. The van der Waals surface area contributed by atoms with E-state index >= 15 is 0 Å². The fourth-order valence-electron chi connectivity index (χ4n) is 8.28. The summed E-state index contributed by atoms with van der Waals surface area (Å²) in [4.78, 5) is 35.3. The number of hydrogen-bond donors (Lipinski definition) is 2. The molecule has 41 heavy (non-hydrogen) atoms. The number of ether oxygens (including phenoxy) is 1. The molecule has 0 spiro atoms. The van der Waals surface area contributed by atoms with Crippen molar-refractivity contribution in [2.75, 3.05) is 10.6 Å². The van der Waals surface area contributed by atoms with Crippen LogP contribution in [0.15, 0.2) is 72.3 Å². The molecule has 2 N–H and O–H groups in total. The first-order chi connectivity index (χ1) is 19.7. The average molecular weight is 557 g/mol. The first-order valence-corrected chi connectivity index (χ1v) is 15.3. The summed E-state index contributed by atoms with van der Waals surface area (Å²) in [6.45, 7) is 6.69. The third-order valence-corrected chi connectivity index (χ3v) is 10.5. The van der Waals surface area contributed by atoms with Gasteiger partial charge in [-0.3, -0.25) is 9.59 Å². The summed E-state index contributed by atoms with van der Waals surface area (Å²) in [6.07, 6.45) is 11.3. The van der Waals surface area contributed by atoms with Gasteiger partial charge >= 0.3 is 12.0 Å². The van der Waals surface area contributed by atoms with Crippen molar-refractivity contribution in [3.63, 3.8) is 0 Å². The molecule has 6 nitrogen and oxygen atoms in total. The lowest BCUT2D eigenvalue weighted by atomic mass is 9.47. The Kier molecular flexibility index (Phi) is 8.67. The van der Waals surface area contributed by atoms with Gasteiger partial charge < -0.3 is 15.4 Å². The molecule has 0 saturated heterocycles. The van der Waals surface area contributed by atoms with E-state index in [0.717, 1.165) is 49.4 Å². The largest absolute Gasteiger partial charge is 0.462 e. The first-order valence-electron chi connectivity index (χ1n) is 15.3. The number of carbonyl (C=O) groups excluding carboxylic acids is 3. The van der Waals surface area contributed by atoms with Crippen molar-refractivity contribution in [3.8, 4) is 0 Å². The standard InChI is InChI=1S/C22H32O3.C13H12N2O/c1-4-20(24)25-19-8-7-17-16-6-5-14-13-15(23)9-11-21(14,2)18(16)10-12-22(17,19)3;16-13(14-11-7-3-1-4-8-11)15-12-9-5-2-6-10-12/h13,16-19H,4-12H2,1-3H3;1-10H,(H2,14,15,16). The van der Waals surface area contributed by atoms with Crippen LogP contribution in [-0.4, -0.2) is 23.9 Å². The average Bonchev–Trinajstić information content (AvgIpc) is 3.30. The summed E-state index contributed by atoms with van der Waals surface area (Å²) >= 11 is 0. The number of rotatable bonds is 4. The van der Waals surface area contributed by atoms with Gasteiger partial charge in [-0.15, -0.1) is 0 Å². The van der Waals surface area contributed by atoms with Crippen molar-refractivity contribution in [2.24, 2.45) is 28.6 Å². The van der Waals surface area contributed by atoms with Gasteiger partial charge in [-0.05, 0) is 98.5 Å². The van der Waals surface area contributed by atoms with Crippen molar-refractivity contribution in [1.82, 2.24) is 0 Å². The maximum Gasteiger partial charge on any atom is 0.323 e. The Morgan fingerprint density at radius 1 is 0.829 bits per heavy atom. The Bertz CT molecular complexity index is 1230. The van der Waals surface area contributed by atoms with Gasteiger partial charge in [0.1, 0.15) is 6.10 Å². The quantitative estimate of drug-likeness (QED) is 0.372. The van der Waals surface area contributed by atoms with Crippen LogP contribution in [0.3, 0.4) is 0 Å². The van der Waals surface area contributed by atoms with Crippen molar-refractivity contribution in [1.29, 1.82) is 0 Å². The number of nitrogens with one attached hydrogen (secondary N) is 2. The molecule has 0 aliphatic heterocycles. The van der Waals surface area contributed by atoms with Crippen LogP contribution in [0.5, 0.6) is 0 Å². The van der Waals surface area contributed by atoms with Crippen LogP contribution in [0, 0.1) is 28.6 Å². The maximum atomic E-state index is 11.9. The predicted octanol–water partition coefficient (Wildman–Crippen LogP) is 8.17. The maximum absolute atomic E-state index is 11.9. The molecule has 2 aromatic carbocycles. The summed E-state index contributed by atoms with van der Waals surface area (Å²) in [7, 11) is 0. The summed E-state index contributed by atoms with van der Waals surface area (Å²) in [5, 5.41) is 5.48. The second-order valence-corrected chi connectivity index (χ2v) is 12.7. The zero-order chi connectivity index (χ0) is 29.0. The minimum Gasteiger partial charge on any atom is -0.462 e. The SMILES string of the molecule is CCC(=O)OC1CCC2C3CCC4=CC(=O)CCC4(C)C3CCC12C.O=C(Nc1ccccc1)Nc1ccccc1. The number of allylic oxidation sites excluding steroid dienone is 1. The molecule has 4 aliphatic rings. The molecular formula is C35H44N2O4. The van der Waals surface area contributed by atoms with Gasteiger partial charge in [-0.1, -0.05) is 62.7 Å². The molecule has 6 unspecified atom stereocenters. The highest BCUT2D eigenvalue weighted by atomic mass is 16.5. The van der Waals surface area contributed by atoms with E-state index < -0.39 is 0 Å². The third kappa shape index (κ3) is 6.12. The van der Waals surface area contributed by atoms with Crippen LogP contribution in [0.2, 0.25) is 0 Å². The van der Waals surface area contributed by atoms with E-state index in [1.54, 1.807) is 0 Å². The molecule has 0 aromatic heterocycles. The zero-order valence-electron chi connectivity index (χ0n) is 24.7. The lowest BCUT2D eigenvalue weighted by Crippen LogP contribution is -2.51. The van der Waals surface area contributed by atoms with E-state index in [-0.39, 0.29) is 28.9 Å². The van der Waals surface area contributed by atoms with E-state index in [9.17, 15) is 14.4 Å². The number of urea groups is 1. The first kappa shape index (κ1) is 29.1. The van der Waals surface area contributed by atoms with E-state index in [2.05, 4.69) is 24.5 Å². The fourth-order valence-corrected chi connectivity index (χ4v) is 8.28. The molecule has 0 radical (unpaired) electrons. The number of esters is 1. The van der Waals surface area contributed by atoms with Gasteiger partial charge in [0.25, 0.3) is 0 Å². The van der Waals surface area contributed by atoms with Crippen molar-refractivity contribution in [2.45, 2.75) is 84.7 Å². The predicted molar refractivity (Wildman–Crippen MR) is 162 cm³/mol. The van der Waals surface area contributed by atoms with Crippen molar-refractivity contribution in [3.05, 3.63) is 72.3 Å². The lowest BCUT2D eigenvalue weighted by Gasteiger charge is -2.57. The minimum absolute atomic E-state index is 0.0411. The van der Waals surface area contributed by atoms with Crippen molar-refractivity contribution < 1.29 is 19.1 Å². The number of amides is 2. The molecule has 2 aromatic rings. The molecule has 6 atom stereocenters. The van der Waals surface area contributed by atoms with Crippen molar-refractivity contribution >= 4 is 29.2 Å². The molecule has 6 rings (SSSR count). The molecular weight excluding hydrogens is 512 g/mol. The molecule has 3 fully saturated rings.